The van der Waals surface area contributed by atoms with Crippen molar-refractivity contribution in [2.45, 2.75) is 57.7 Å². The van der Waals surface area contributed by atoms with Crippen molar-refractivity contribution in [2.75, 3.05) is 0 Å². The number of rotatable bonds is 2. The van der Waals surface area contributed by atoms with Gasteiger partial charge in [-0.25, -0.2) is 0 Å². The number of esters is 1. The first-order chi connectivity index (χ1) is 9.72. The molecule has 0 bridgehead atoms. The number of ether oxygens (including phenoxy) is 1. The lowest BCUT2D eigenvalue weighted by Gasteiger charge is -2.30. The molecular weight excluding hydrogens is 250 g/mol. The molecule has 3 unspecified atom stereocenters. The summed E-state index contributed by atoms with van der Waals surface area (Å²) in [6, 6.07) is 8.13. The quantitative estimate of drug-likeness (QED) is 0.842. The summed E-state index contributed by atoms with van der Waals surface area (Å²) in [5.41, 5.74) is 2.56. The maximum Gasteiger partial charge on any atom is 0.323 e. The van der Waals surface area contributed by atoms with Gasteiger partial charge >= 0.3 is 5.97 Å². The molecule has 108 valence electrons. The minimum absolute atomic E-state index is 0.0707. The van der Waals surface area contributed by atoms with Crippen molar-refractivity contribution in [1.82, 2.24) is 5.32 Å². The number of nitrogens with one attached hydrogen (secondary N) is 1. The van der Waals surface area contributed by atoms with Crippen LogP contribution in [0.15, 0.2) is 24.3 Å². The molecule has 3 heteroatoms. The summed E-state index contributed by atoms with van der Waals surface area (Å²) in [6.07, 6.45) is 5.37. The van der Waals surface area contributed by atoms with E-state index in [9.17, 15) is 4.79 Å². The number of hydrogen-bond donors (Lipinski definition) is 1. The Morgan fingerprint density at radius 3 is 2.85 bits per heavy atom. The van der Waals surface area contributed by atoms with E-state index in [1.54, 1.807) is 0 Å². The molecule has 1 saturated carbocycles. The molecule has 2 aliphatic rings. The summed E-state index contributed by atoms with van der Waals surface area (Å²) >= 11 is 0. The Balaban J connectivity index is 1.59. The molecule has 1 aliphatic heterocycles. The monoisotopic (exact) mass is 273 g/mol. The average molecular weight is 273 g/mol. The summed E-state index contributed by atoms with van der Waals surface area (Å²) in [5.74, 6) is 0.611. The van der Waals surface area contributed by atoms with E-state index >= 15 is 0 Å². The van der Waals surface area contributed by atoms with Crippen LogP contribution in [0.5, 0.6) is 0 Å². The lowest BCUT2D eigenvalue weighted by molar-refractivity contribution is -0.154. The van der Waals surface area contributed by atoms with E-state index in [0.717, 1.165) is 25.8 Å². The Morgan fingerprint density at radius 2 is 2.05 bits per heavy atom. The standard InChI is InChI=1S/C17H23NO2/c1-12-5-4-8-15(9-12)20-17(19)16-10-13-6-2-3-7-14(13)11-18-16/h2-3,6-7,12,15-16,18H,4-5,8-11H2,1H3. The molecule has 1 fully saturated rings. The van der Waals surface area contributed by atoms with E-state index in [0.29, 0.717) is 5.92 Å². The third-order valence-corrected chi connectivity index (χ3v) is 4.54. The molecule has 1 aromatic carbocycles. The van der Waals surface area contributed by atoms with Crippen LogP contribution in [0.25, 0.3) is 0 Å². The second-order valence-electron chi connectivity index (χ2n) is 6.24. The highest BCUT2D eigenvalue weighted by atomic mass is 16.5. The maximum absolute atomic E-state index is 12.3. The molecule has 0 saturated heterocycles. The summed E-state index contributed by atoms with van der Waals surface area (Å²) < 4.78 is 5.71. The van der Waals surface area contributed by atoms with Crippen LogP contribution >= 0.6 is 0 Å². The predicted octanol–water partition coefficient (Wildman–Crippen LogP) is 2.82. The van der Waals surface area contributed by atoms with E-state index in [1.165, 1.54) is 24.0 Å². The first kappa shape index (κ1) is 13.6. The fourth-order valence-electron chi connectivity index (χ4n) is 3.35. The lowest BCUT2D eigenvalue weighted by atomic mass is 9.88. The second kappa shape index (κ2) is 5.96. The van der Waals surface area contributed by atoms with Crippen LogP contribution < -0.4 is 5.32 Å². The van der Waals surface area contributed by atoms with Crippen LogP contribution in [0, 0.1) is 5.92 Å². The molecule has 0 aromatic heterocycles. The minimum Gasteiger partial charge on any atom is -0.461 e. The summed E-state index contributed by atoms with van der Waals surface area (Å²) in [6.45, 7) is 3.01. The third kappa shape index (κ3) is 3.04. The van der Waals surface area contributed by atoms with Gasteiger partial charge in [0.15, 0.2) is 0 Å². The molecule has 3 nitrogen and oxygen atoms in total. The van der Waals surface area contributed by atoms with Crippen molar-refractivity contribution in [2.24, 2.45) is 5.92 Å². The zero-order valence-corrected chi connectivity index (χ0v) is 12.1. The van der Waals surface area contributed by atoms with Crippen LogP contribution in [0.4, 0.5) is 0 Å². The van der Waals surface area contributed by atoms with Gasteiger partial charge in [0.05, 0.1) is 0 Å². The van der Waals surface area contributed by atoms with Gasteiger partial charge in [-0.1, -0.05) is 37.6 Å². The Kier molecular flexibility index (Phi) is 4.06. The molecule has 0 spiro atoms. The van der Waals surface area contributed by atoms with Crippen molar-refractivity contribution in [3.05, 3.63) is 35.4 Å². The largest absolute Gasteiger partial charge is 0.461 e. The first-order valence-electron chi connectivity index (χ1n) is 7.73. The summed E-state index contributed by atoms with van der Waals surface area (Å²) in [7, 11) is 0. The Hall–Kier alpha value is -1.35. The van der Waals surface area contributed by atoms with Gasteiger partial charge in [-0.3, -0.25) is 4.79 Å². The maximum atomic E-state index is 12.3. The molecule has 3 atom stereocenters. The van der Waals surface area contributed by atoms with E-state index in [2.05, 4.69) is 24.4 Å². The predicted molar refractivity (Wildman–Crippen MR) is 78.3 cm³/mol. The highest BCUT2D eigenvalue weighted by Crippen LogP contribution is 2.26. The van der Waals surface area contributed by atoms with Crippen molar-refractivity contribution in [3.63, 3.8) is 0 Å². The molecule has 0 amide bonds. The number of carbonyl (C=O) groups excluding carboxylic acids is 1. The molecule has 20 heavy (non-hydrogen) atoms. The molecule has 0 radical (unpaired) electrons. The third-order valence-electron chi connectivity index (χ3n) is 4.54. The number of benzene rings is 1. The normalized spacial score (nSPS) is 29.6. The van der Waals surface area contributed by atoms with Crippen LogP contribution in [-0.2, 0) is 22.5 Å². The van der Waals surface area contributed by atoms with Gasteiger partial charge in [-0.15, -0.1) is 0 Å². The Bertz CT molecular complexity index is 486. The second-order valence-corrected chi connectivity index (χ2v) is 6.24. The molecule has 3 rings (SSSR count). The topological polar surface area (TPSA) is 38.3 Å². The smallest absolute Gasteiger partial charge is 0.323 e. The molecule has 1 heterocycles. The van der Waals surface area contributed by atoms with Gasteiger partial charge in [0.2, 0.25) is 0 Å². The van der Waals surface area contributed by atoms with E-state index in [-0.39, 0.29) is 18.1 Å². The van der Waals surface area contributed by atoms with Gasteiger partial charge in [-0.05, 0) is 42.7 Å². The highest BCUT2D eigenvalue weighted by molar-refractivity contribution is 5.77. The number of carbonyl (C=O) groups is 1. The van der Waals surface area contributed by atoms with Gasteiger partial charge in [0, 0.05) is 6.54 Å². The molecule has 1 N–H and O–H groups in total. The fraction of sp³-hybridized carbons (Fsp3) is 0.588. The van der Waals surface area contributed by atoms with Crippen LogP contribution in [0.1, 0.15) is 43.7 Å². The number of fused-ring (bicyclic) bond motifs is 1. The lowest BCUT2D eigenvalue weighted by Crippen LogP contribution is -2.44. The van der Waals surface area contributed by atoms with Crippen molar-refractivity contribution in [3.8, 4) is 0 Å². The zero-order chi connectivity index (χ0) is 13.9. The average Bonchev–Trinajstić information content (AvgIpc) is 2.47. The van der Waals surface area contributed by atoms with Gasteiger partial charge in [0.25, 0.3) is 0 Å². The molecule has 1 aliphatic carbocycles. The van der Waals surface area contributed by atoms with Crippen molar-refractivity contribution >= 4 is 5.97 Å². The summed E-state index contributed by atoms with van der Waals surface area (Å²) in [4.78, 5) is 12.3. The first-order valence-corrected chi connectivity index (χ1v) is 7.73. The van der Waals surface area contributed by atoms with Crippen LogP contribution in [0.3, 0.4) is 0 Å². The Morgan fingerprint density at radius 1 is 1.25 bits per heavy atom. The van der Waals surface area contributed by atoms with E-state index < -0.39 is 0 Å². The molecule has 1 aromatic rings. The molecular formula is C17H23NO2. The van der Waals surface area contributed by atoms with Gasteiger partial charge < -0.3 is 10.1 Å². The zero-order valence-electron chi connectivity index (χ0n) is 12.1. The van der Waals surface area contributed by atoms with Crippen molar-refractivity contribution < 1.29 is 9.53 Å². The minimum atomic E-state index is -0.179. The van der Waals surface area contributed by atoms with E-state index in [1.807, 2.05) is 12.1 Å². The fourth-order valence-corrected chi connectivity index (χ4v) is 3.35. The SMILES string of the molecule is CC1CCCC(OC(=O)C2Cc3ccccc3CN2)C1. The van der Waals surface area contributed by atoms with Crippen LogP contribution in [-0.4, -0.2) is 18.1 Å². The van der Waals surface area contributed by atoms with Gasteiger partial charge in [-0.2, -0.15) is 0 Å². The van der Waals surface area contributed by atoms with Crippen LogP contribution in [0.2, 0.25) is 0 Å². The highest BCUT2D eigenvalue weighted by Gasteiger charge is 2.29. The van der Waals surface area contributed by atoms with Gasteiger partial charge in [0.1, 0.15) is 12.1 Å². The summed E-state index contributed by atoms with van der Waals surface area (Å²) in [5, 5.41) is 3.30. The van der Waals surface area contributed by atoms with Crippen molar-refractivity contribution in [1.29, 1.82) is 0 Å². The Labute approximate surface area is 120 Å². The number of hydrogen-bond acceptors (Lipinski definition) is 3. The van der Waals surface area contributed by atoms with E-state index in [4.69, 9.17) is 4.74 Å².